The summed E-state index contributed by atoms with van der Waals surface area (Å²) in [6.45, 7) is 0. The minimum Gasteiger partial charge on any atom is -0.480 e. The van der Waals surface area contributed by atoms with E-state index in [1.165, 1.54) is 29.2 Å². The van der Waals surface area contributed by atoms with Crippen molar-refractivity contribution in [3.8, 4) is 11.5 Å². The van der Waals surface area contributed by atoms with Crippen LogP contribution in [0.3, 0.4) is 0 Å². The standard InChI is InChI=1S/C25H18FNO4S2/c26-18-9-11-19(12-10-18)31-20-8-4-7-17(13-20)15-22-23(28)27(25(32)33-22)21(24(29)30)14-16-5-2-1-3-6-16/h1-13,15,21H,14H2,(H,29,30)/b22-15-. The Bertz CT molecular complexity index is 1230. The molecule has 0 bridgehead atoms. The fraction of sp³-hybridized carbons (Fsp3) is 0.0800. The van der Waals surface area contributed by atoms with Gasteiger partial charge in [-0.1, -0.05) is 66.4 Å². The molecule has 5 nitrogen and oxygen atoms in total. The first-order valence-electron chi connectivity index (χ1n) is 9.98. The summed E-state index contributed by atoms with van der Waals surface area (Å²) >= 11 is 6.42. The van der Waals surface area contributed by atoms with E-state index in [-0.39, 0.29) is 16.6 Å². The van der Waals surface area contributed by atoms with E-state index in [4.69, 9.17) is 17.0 Å². The molecular weight excluding hydrogens is 461 g/mol. The van der Waals surface area contributed by atoms with E-state index in [9.17, 15) is 19.1 Å². The van der Waals surface area contributed by atoms with Gasteiger partial charge in [0.2, 0.25) is 0 Å². The highest BCUT2D eigenvalue weighted by Gasteiger charge is 2.40. The highest BCUT2D eigenvalue weighted by atomic mass is 32.2. The van der Waals surface area contributed by atoms with Gasteiger partial charge in [0.05, 0.1) is 4.91 Å². The van der Waals surface area contributed by atoms with Crippen molar-refractivity contribution < 1.29 is 23.8 Å². The van der Waals surface area contributed by atoms with E-state index in [1.807, 2.05) is 30.3 Å². The van der Waals surface area contributed by atoms with Gasteiger partial charge in [0.15, 0.2) is 0 Å². The number of hydrogen-bond acceptors (Lipinski definition) is 5. The second kappa shape index (κ2) is 9.97. The Morgan fingerprint density at radius 3 is 2.48 bits per heavy atom. The number of ether oxygens (including phenoxy) is 1. The molecule has 4 rings (SSSR count). The lowest BCUT2D eigenvalue weighted by Crippen LogP contribution is -2.45. The fourth-order valence-electron chi connectivity index (χ4n) is 3.33. The summed E-state index contributed by atoms with van der Waals surface area (Å²) < 4.78 is 19.0. The van der Waals surface area contributed by atoms with Crippen LogP contribution in [0.2, 0.25) is 0 Å². The van der Waals surface area contributed by atoms with Gasteiger partial charge in [-0.2, -0.15) is 0 Å². The van der Waals surface area contributed by atoms with Gasteiger partial charge in [-0.3, -0.25) is 9.69 Å². The van der Waals surface area contributed by atoms with E-state index in [2.05, 4.69) is 0 Å². The lowest BCUT2D eigenvalue weighted by Gasteiger charge is -2.23. The lowest BCUT2D eigenvalue weighted by atomic mass is 10.0. The molecule has 1 amide bonds. The molecule has 166 valence electrons. The van der Waals surface area contributed by atoms with Crippen molar-refractivity contribution in [2.24, 2.45) is 0 Å². The van der Waals surface area contributed by atoms with Crippen LogP contribution in [-0.2, 0) is 16.0 Å². The van der Waals surface area contributed by atoms with Gasteiger partial charge in [0.25, 0.3) is 5.91 Å². The molecule has 0 aliphatic carbocycles. The topological polar surface area (TPSA) is 66.8 Å². The minimum absolute atomic E-state index is 0.150. The van der Waals surface area contributed by atoms with E-state index in [0.717, 1.165) is 17.3 Å². The van der Waals surface area contributed by atoms with Gasteiger partial charge in [-0.25, -0.2) is 9.18 Å². The molecule has 0 spiro atoms. The summed E-state index contributed by atoms with van der Waals surface area (Å²) in [5.41, 5.74) is 1.48. The van der Waals surface area contributed by atoms with Crippen molar-refractivity contribution in [2.45, 2.75) is 12.5 Å². The number of carbonyl (C=O) groups is 2. The number of aliphatic carboxylic acids is 1. The maximum absolute atomic E-state index is 13.1. The SMILES string of the molecule is O=C(O)C(Cc1ccccc1)N1C(=O)/C(=C/c2cccc(Oc3ccc(F)cc3)c2)SC1=S. The number of benzene rings is 3. The summed E-state index contributed by atoms with van der Waals surface area (Å²) in [5, 5.41) is 9.78. The number of thioether (sulfide) groups is 1. The molecule has 1 fully saturated rings. The van der Waals surface area contributed by atoms with Gasteiger partial charge in [-0.05, 0) is 53.6 Å². The molecule has 1 heterocycles. The van der Waals surface area contributed by atoms with Crippen molar-refractivity contribution in [1.82, 2.24) is 4.90 Å². The number of thiocarbonyl (C=S) groups is 1. The highest BCUT2D eigenvalue weighted by molar-refractivity contribution is 8.26. The van der Waals surface area contributed by atoms with Crippen LogP contribution in [0.1, 0.15) is 11.1 Å². The fourth-order valence-corrected chi connectivity index (χ4v) is 4.69. The van der Waals surface area contributed by atoms with Crippen LogP contribution in [0.25, 0.3) is 6.08 Å². The average molecular weight is 480 g/mol. The van der Waals surface area contributed by atoms with Gasteiger partial charge in [0, 0.05) is 6.42 Å². The van der Waals surface area contributed by atoms with E-state index < -0.39 is 17.9 Å². The molecule has 0 radical (unpaired) electrons. The number of rotatable bonds is 7. The third-order valence-electron chi connectivity index (χ3n) is 4.90. The quantitative estimate of drug-likeness (QED) is 0.356. The molecule has 33 heavy (non-hydrogen) atoms. The summed E-state index contributed by atoms with van der Waals surface area (Å²) in [6, 6.07) is 20.7. The first-order valence-corrected chi connectivity index (χ1v) is 11.2. The molecule has 1 atom stereocenters. The molecule has 3 aromatic carbocycles. The molecule has 1 saturated heterocycles. The normalized spacial score (nSPS) is 15.7. The molecule has 8 heteroatoms. The second-order valence-corrected chi connectivity index (χ2v) is 8.90. The zero-order valence-corrected chi connectivity index (χ0v) is 18.8. The van der Waals surface area contributed by atoms with Crippen molar-refractivity contribution in [3.63, 3.8) is 0 Å². The Kier molecular flexibility index (Phi) is 6.86. The third kappa shape index (κ3) is 5.47. The molecule has 1 aliphatic heterocycles. The Hall–Kier alpha value is -3.49. The minimum atomic E-state index is -1.12. The summed E-state index contributed by atoms with van der Waals surface area (Å²) in [7, 11) is 0. The van der Waals surface area contributed by atoms with Gasteiger partial charge in [-0.15, -0.1) is 0 Å². The van der Waals surface area contributed by atoms with Gasteiger partial charge in [0.1, 0.15) is 27.7 Å². The smallest absolute Gasteiger partial charge is 0.327 e. The summed E-state index contributed by atoms with van der Waals surface area (Å²) in [4.78, 5) is 26.5. The Morgan fingerprint density at radius 1 is 1.06 bits per heavy atom. The lowest BCUT2D eigenvalue weighted by molar-refractivity contribution is -0.145. The maximum atomic E-state index is 13.1. The van der Waals surface area contributed by atoms with Crippen LogP contribution >= 0.6 is 24.0 Å². The Labute approximate surface area is 199 Å². The van der Waals surface area contributed by atoms with E-state index in [1.54, 1.807) is 30.3 Å². The van der Waals surface area contributed by atoms with Crippen molar-refractivity contribution in [3.05, 3.63) is 101 Å². The number of carbonyl (C=O) groups excluding carboxylic acids is 1. The Morgan fingerprint density at radius 2 is 1.79 bits per heavy atom. The average Bonchev–Trinajstić information content (AvgIpc) is 3.07. The number of hydrogen-bond donors (Lipinski definition) is 1. The molecule has 0 saturated carbocycles. The van der Waals surface area contributed by atoms with Crippen LogP contribution in [0.4, 0.5) is 4.39 Å². The van der Waals surface area contributed by atoms with Crippen molar-refractivity contribution in [2.75, 3.05) is 0 Å². The number of halogens is 1. The number of nitrogens with zero attached hydrogens (tertiary/aromatic N) is 1. The second-order valence-electron chi connectivity index (χ2n) is 7.22. The first-order chi connectivity index (χ1) is 15.9. The van der Waals surface area contributed by atoms with Crippen LogP contribution in [0.15, 0.2) is 83.8 Å². The number of carboxylic acid groups (broad SMARTS) is 1. The first kappa shape index (κ1) is 22.7. The number of amides is 1. The Balaban J connectivity index is 1.54. The monoisotopic (exact) mass is 479 g/mol. The molecular formula is C25H18FNO4S2. The van der Waals surface area contributed by atoms with Crippen molar-refractivity contribution in [1.29, 1.82) is 0 Å². The van der Waals surface area contributed by atoms with Crippen LogP contribution in [0.5, 0.6) is 11.5 Å². The molecule has 1 unspecified atom stereocenters. The third-order valence-corrected chi connectivity index (χ3v) is 6.23. The highest BCUT2D eigenvalue weighted by Crippen LogP contribution is 2.35. The molecule has 1 aliphatic rings. The zero-order chi connectivity index (χ0) is 23.4. The van der Waals surface area contributed by atoms with Gasteiger partial charge >= 0.3 is 5.97 Å². The molecule has 1 N–H and O–H groups in total. The summed E-state index contributed by atoms with van der Waals surface area (Å²) in [6.07, 6.45) is 1.80. The largest absolute Gasteiger partial charge is 0.480 e. The van der Waals surface area contributed by atoms with Crippen molar-refractivity contribution >= 4 is 46.3 Å². The summed E-state index contributed by atoms with van der Waals surface area (Å²) in [5.74, 6) is -0.933. The van der Waals surface area contributed by atoms with E-state index in [0.29, 0.717) is 22.0 Å². The van der Waals surface area contributed by atoms with Crippen LogP contribution < -0.4 is 4.74 Å². The van der Waals surface area contributed by atoms with Gasteiger partial charge < -0.3 is 9.84 Å². The number of carboxylic acids is 1. The van der Waals surface area contributed by atoms with Crippen LogP contribution in [0, 0.1) is 5.82 Å². The van der Waals surface area contributed by atoms with E-state index >= 15 is 0 Å². The maximum Gasteiger partial charge on any atom is 0.327 e. The van der Waals surface area contributed by atoms with Crippen LogP contribution in [-0.4, -0.2) is 32.2 Å². The zero-order valence-electron chi connectivity index (χ0n) is 17.2. The molecule has 0 aromatic heterocycles. The molecule has 3 aromatic rings. The predicted molar refractivity (Wildman–Crippen MR) is 129 cm³/mol. The predicted octanol–water partition coefficient (Wildman–Crippen LogP) is 5.52.